The number of benzene rings is 2. The molecule has 1 amide bonds. The van der Waals surface area contributed by atoms with Crippen molar-refractivity contribution in [3.8, 4) is 11.1 Å². The fourth-order valence-electron chi connectivity index (χ4n) is 2.86. The summed E-state index contributed by atoms with van der Waals surface area (Å²) in [6.45, 7) is 2.76. The Bertz CT molecular complexity index is 981. The highest BCUT2D eigenvalue weighted by molar-refractivity contribution is 7.58. The fourth-order valence-corrected chi connectivity index (χ4v) is 4.12. The predicted octanol–water partition coefficient (Wildman–Crippen LogP) is 2.00. The van der Waals surface area contributed by atoms with E-state index in [0.717, 1.165) is 16.7 Å². The van der Waals surface area contributed by atoms with Crippen molar-refractivity contribution in [3.05, 3.63) is 60.2 Å². The molecule has 8 N–H and O–H groups in total. The Labute approximate surface area is 193 Å². The van der Waals surface area contributed by atoms with Gasteiger partial charge in [0.2, 0.25) is 13.3 Å². The van der Waals surface area contributed by atoms with Gasteiger partial charge in [0.25, 0.3) is 8.18 Å². The zero-order chi connectivity index (χ0) is 25.2. The van der Waals surface area contributed by atoms with E-state index < -0.39 is 45.2 Å². The van der Waals surface area contributed by atoms with Crippen molar-refractivity contribution in [2.24, 2.45) is 17.2 Å². The maximum absolute atomic E-state index is 12.6. The lowest BCUT2D eigenvalue weighted by molar-refractivity contribution is -0.141. The quantitative estimate of drug-likeness (QED) is 0.280. The van der Waals surface area contributed by atoms with Crippen LogP contribution in [0.5, 0.6) is 0 Å². The summed E-state index contributed by atoms with van der Waals surface area (Å²) in [5.74, 6) is -3.61. The van der Waals surface area contributed by atoms with Gasteiger partial charge >= 0.3 is 5.97 Å². The van der Waals surface area contributed by atoms with Crippen LogP contribution >= 0.6 is 15.5 Å². The first-order valence-corrected chi connectivity index (χ1v) is 13.4. The van der Waals surface area contributed by atoms with Gasteiger partial charge in [0.15, 0.2) is 0 Å². The lowest BCUT2D eigenvalue weighted by Crippen LogP contribution is -2.43. The minimum Gasteiger partial charge on any atom is -0.480 e. The molecular formula is C21H31N3O7P2. The monoisotopic (exact) mass is 499 g/mol. The van der Waals surface area contributed by atoms with Crippen molar-refractivity contribution in [2.75, 3.05) is 6.16 Å². The number of nitrogens with two attached hydrogens (primary N) is 2. The van der Waals surface area contributed by atoms with Crippen LogP contribution < -0.4 is 16.6 Å². The summed E-state index contributed by atoms with van der Waals surface area (Å²) in [6, 6.07) is 16.3. The van der Waals surface area contributed by atoms with Gasteiger partial charge in [-0.3, -0.25) is 24.2 Å². The van der Waals surface area contributed by atoms with Gasteiger partial charge in [-0.1, -0.05) is 54.6 Å². The standard InChI is InChI=1S/C21H27N2O5P.H4NO2P/c1-14(21(25)26)23-20(24)19(13-29(27,28)15(2)22)12-16-8-10-18(11-9-16)17-6-4-3-5-7-17;1-4(2)3/h3-11,14-15,19H,12-13,22H2,1-2H3,(H,23,24)(H,25,26)(H,27,28);4H,(H3,1,2,3). The van der Waals surface area contributed by atoms with Crippen molar-refractivity contribution in [1.82, 2.24) is 5.32 Å². The van der Waals surface area contributed by atoms with E-state index in [-0.39, 0.29) is 12.6 Å². The molecule has 0 aliphatic rings. The molecule has 12 heteroatoms. The number of amides is 1. The Balaban J connectivity index is 0.00000125. The number of carboxylic acid groups (broad SMARTS) is 1. The van der Waals surface area contributed by atoms with Crippen LogP contribution in [0.1, 0.15) is 19.4 Å². The molecule has 2 aromatic carbocycles. The van der Waals surface area contributed by atoms with Gasteiger partial charge in [0.1, 0.15) is 6.04 Å². The van der Waals surface area contributed by atoms with E-state index in [9.17, 15) is 19.0 Å². The van der Waals surface area contributed by atoms with E-state index >= 15 is 0 Å². The first-order valence-electron chi connectivity index (χ1n) is 10.1. The Morgan fingerprint density at radius 3 is 2.00 bits per heavy atom. The number of hydrogen-bond donors (Lipinski definition) is 6. The molecule has 0 saturated heterocycles. The number of carboxylic acids is 1. The molecule has 5 unspecified atom stereocenters. The minimum absolute atomic E-state index is 0.199. The van der Waals surface area contributed by atoms with Crippen molar-refractivity contribution < 1.29 is 33.6 Å². The number of aliphatic carboxylic acids is 1. The number of carbonyl (C=O) groups is 2. The molecule has 10 nitrogen and oxygen atoms in total. The predicted molar refractivity (Wildman–Crippen MR) is 128 cm³/mol. The molecular weight excluding hydrogens is 468 g/mol. The highest BCUT2D eigenvalue weighted by Gasteiger charge is 2.33. The van der Waals surface area contributed by atoms with Gasteiger partial charge in [-0.25, -0.2) is 0 Å². The third-order valence-electron chi connectivity index (χ3n) is 4.76. The number of rotatable bonds is 9. The van der Waals surface area contributed by atoms with Gasteiger partial charge in [0, 0.05) is 6.16 Å². The van der Waals surface area contributed by atoms with Crippen LogP contribution in [0.3, 0.4) is 0 Å². The lowest BCUT2D eigenvalue weighted by atomic mass is 9.97. The Morgan fingerprint density at radius 1 is 1.06 bits per heavy atom. The Hall–Kier alpha value is -2.32. The van der Waals surface area contributed by atoms with Crippen LogP contribution in [0.4, 0.5) is 0 Å². The summed E-state index contributed by atoms with van der Waals surface area (Å²) in [5.41, 5.74) is 12.7. The van der Waals surface area contributed by atoms with Crippen LogP contribution in [0.15, 0.2) is 54.6 Å². The summed E-state index contributed by atoms with van der Waals surface area (Å²) in [5, 5.41) is 11.4. The SMILES string of the molecule is CC(NC(=O)C(Cc1ccc(-c2ccccc2)cc1)CP(=O)(O)C(C)N)C(=O)O.N[PH](=O)O. The molecule has 0 aromatic heterocycles. The van der Waals surface area contributed by atoms with Crippen LogP contribution in [0.2, 0.25) is 0 Å². The molecule has 0 saturated carbocycles. The van der Waals surface area contributed by atoms with E-state index in [0.29, 0.717) is 0 Å². The van der Waals surface area contributed by atoms with Crippen LogP contribution in [-0.2, 0) is 25.1 Å². The third kappa shape index (κ3) is 10.4. The summed E-state index contributed by atoms with van der Waals surface area (Å²) < 4.78 is 21.4. The van der Waals surface area contributed by atoms with Crippen LogP contribution in [0.25, 0.3) is 11.1 Å². The van der Waals surface area contributed by atoms with Crippen LogP contribution in [-0.4, -0.2) is 44.8 Å². The van der Waals surface area contributed by atoms with E-state index in [2.05, 4.69) is 10.8 Å². The molecule has 0 bridgehead atoms. The normalized spacial score (nSPS) is 16.2. The van der Waals surface area contributed by atoms with Gasteiger partial charge < -0.3 is 25.9 Å². The second-order valence-corrected chi connectivity index (χ2v) is 10.9. The molecule has 0 heterocycles. The molecule has 0 aliphatic carbocycles. The Kier molecular flexibility index (Phi) is 11.7. The zero-order valence-electron chi connectivity index (χ0n) is 18.4. The van der Waals surface area contributed by atoms with E-state index in [1.54, 1.807) is 0 Å². The highest BCUT2D eigenvalue weighted by atomic mass is 31.2. The summed E-state index contributed by atoms with van der Waals surface area (Å²) in [6.07, 6.45) is -0.117. The van der Waals surface area contributed by atoms with Gasteiger partial charge in [-0.2, -0.15) is 0 Å². The molecule has 2 rings (SSSR count). The maximum Gasteiger partial charge on any atom is 0.325 e. The molecule has 0 radical (unpaired) electrons. The third-order valence-corrected chi connectivity index (χ3v) is 7.00. The van der Waals surface area contributed by atoms with E-state index in [4.69, 9.17) is 20.3 Å². The first kappa shape index (κ1) is 28.7. The average Bonchev–Trinajstić information content (AvgIpc) is 2.73. The zero-order valence-corrected chi connectivity index (χ0v) is 20.3. The summed E-state index contributed by atoms with van der Waals surface area (Å²) >= 11 is 0. The summed E-state index contributed by atoms with van der Waals surface area (Å²) in [4.78, 5) is 41.2. The number of carbonyl (C=O) groups excluding carboxylic acids is 1. The first-order chi connectivity index (χ1) is 15.3. The highest BCUT2D eigenvalue weighted by Crippen LogP contribution is 2.46. The minimum atomic E-state index is -3.77. The lowest BCUT2D eigenvalue weighted by Gasteiger charge is -2.23. The van der Waals surface area contributed by atoms with Gasteiger partial charge in [-0.15, -0.1) is 0 Å². The largest absolute Gasteiger partial charge is 0.480 e. The number of hydrogen-bond acceptors (Lipinski definition) is 5. The molecule has 5 atom stereocenters. The second kappa shape index (κ2) is 13.4. The van der Waals surface area contributed by atoms with E-state index in [1.807, 2.05) is 54.6 Å². The Morgan fingerprint density at radius 2 is 1.55 bits per heavy atom. The topological polar surface area (TPSA) is 193 Å². The second-order valence-electron chi connectivity index (χ2n) is 7.55. The maximum atomic E-state index is 12.6. The molecule has 182 valence electrons. The van der Waals surface area contributed by atoms with Crippen molar-refractivity contribution >= 4 is 27.4 Å². The summed E-state index contributed by atoms with van der Waals surface area (Å²) in [7, 11) is -6.40. The molecule has 2 aromatic rings. The fraction of sp³-hybridized carbons (Fsp3) is 0.333. The van der Waals surface area contributed by atoms with Gasteiger partial charge in [0.05, 0.1) is 11.7 Å². The smallest absolute Gasteiger partial charge is 0.325 e. The van der Waals surface area contributed by atoms with Gasteiger partial charge in [-0.05, 0) is 37.0 Å². The van der Waals surface area contributed by atoms with Crippen molar-refractivity contribution in [3.63, 3.8) is 0 Å². The molecule has 0 aliphatic heterocycles. The van der Waals surface area contributed by atoms with E-state index in [1.165, 1.54) is 13.8 Å². The van der Waals surface area contributed by atoms with Crippen molar-refractivity contribution in [2.45, 2.75) is 32.1 Å². The molecule has 33 heavy (non-hydrogen) atoms. The molecule has 0 fully saturated rings. The van der Waals surface area contributed by atoms with Crippen molar-refractivity contribution in [1.29, 1.82) is 0 Å². The average molecular weight is 499 g/mol. The van der Waals surface area contributed by atoms with Crippen LogP contribution in [0, 0.1) is 5.92 Å². The number of nitrogens with one attached hydrogen (secondary N) is 1. The molecule has 0 spiro atoms.